The van der Waals surface area contributed by atoms with Crippen molar-refractivity contribution in [1.82, 2.24) is 0 Å². The molecule has 4 aromatic rings. The topological polar surface area (TPSA) is 36.9 Å². The minimum Gasteiger partial charge on any atom is -0.493 e. The molecule has 8 bridgehead atoms. The Kier molecular flexibility index (Phi) is 21.7. The number of halogens is 4. The van der Waals surface area contributed by atoms with E-state index in [2.05, 4.69) is 140 Å². The summed E-state index contributed by atoms with van der Waals surface area (Å²) in [5.41, 5.74) is 9.22. The Morgan fingerprint density at radius 1 is 0.300 bits per heavy atom. The minimum absolute atomic E-state index is 0.669. The van der Waals surface area contributed by atoms with Crippen molar-refractivity contribution in [3.8, 4) is 23.0 Å². The highest BCUT2D eigenvalue weighted by Crippen LogP contribution is 2.42. The SMILES string of the molecule is CCCCCCOc1c2cc(Br)cc1Cc1cc(Br)cc(c1OCCCCCC)Cc1cc(Br)cc(c1OCCCCCC)Cc1cc(Br)cc(c1OCCCCCC)C2. The number of hydrogen-bond donors (Lipinski definition) is 0. The zero-order chi connectivity index (χ0) is 42.7. The van der Waals surface area contributed by atoms with Gasteiger partial charge in [0.25, 0.3) is 0 Å². The van der Waals surface area contributed by atoms with E-state index < -0.39 is 0 Å². The molecule has 0 atom stereocenters. The summed E-state index contributed by atoms with van der Waals surface area (Å²) in [6, 6.07) is 18.0. The van der Waals surface area contributed by atoms with E-state index >= 15 is 0 Å². The first-order chi connectivity index (χ1) is 29.2. The minimum atomic E-state index is 0.669. The van der Waals surface area contributed by atoms with E-state index in [1.54, 1.807) is 0 Å². The molecule has 0 amide bonds. The summed E-state index contributed by atoms with van der Waals surface area (Å²) in [5.74, 6) is 3.89. The first-order valence-electron chi connectivity index (χ1n) is 23.0. The summed E-state index contributed by atoms with van der Waals surface area (Å²) in [6.07, 6.45) is 21.1. The highest BCUT2D eigenvalue weighted by atomic mass is 79.9. The molecule has 4 aromatic carbocycles. The Bertz CT molecular complexity index is 1570. The number of benzene rings is 4. The maximum atomic E-state index is 6.93. The molecule has 0 aliphatic heterocycles. The fourth-order valence-corrected chi connectivity index (χ4v) is 10.5. The molecule has 0 radical (unpaired) electrons. The van der Waals surface area contributed by atoms with Gasteiger partial charge in [-0.15, -0.1) is 0 Å². The normalized spacial score (nSPS) is 12.4. The molecule has 1 aliphatic carbocycles. The molecule has 0 saturated heterocycles. The van der Waals surface area contributed by atoms with Gasteiger partial charge in [0.2, 0.25) is 0 Å². The van der Waals surface area contributed by atoms with Crippen molar-refractivity contribution in [2.45, 2.75) is 156 Å². The van der Waals surface area contributed by atoms with Crippen LogP contribution in [0.5, 0.6) is 23.0 Å². The Hall–Kier alpha value is -2.00. The summed E-state index contributed by atoms with van der Waals surface area (Å²) < 4.78 is 31.9. The molecular weight excluding hydrogens is 1010 g/mol. The molecule has 4 nitrogen and oxygen atoms in total. The monoisotopic (exact) mass is 1070 g/mol. The number of rotatable bonds is 24. The molecule has 0 N–H and O–H groups in total. The number of fused-ring (bicyclic) bond motifs is 8. The van der Waals surface area contributed by atoms with Crippen molar-refractivity contribution < 1.29 is 18.9 Å². The Balaban J connectivity index is 1.73. The van der Waals surface area contributed by atoms with Crippen LogP contribution in [0.3, 0.4) is 0 Å². The van der Waals surface area contributed by atoms with Crippen LogP contribution < -0.4 is 18.9 Å². The van der Waals surface area contributed by atoms with Crippen LogP contribution in [0, 0.1) is 0 Å². The smallest absolute Gasteiger partial charge is 0.126 e. The first-order valence-corrected chi connectivity index (χ1v) is 26.2. The van der Waals surface area contributed by atoms with Gasteiger partial charge in [-0.2, -0.15) is 0 Å². The van der Waals surface area contributed by atoms with Crippen LogP contribution in [-0.4, -0.2) is 26.4 Å². The van der Waals surface area contributed by atoms with Crippen molar-refractivity contribution in [1.29, 1.82) is 0 Å². The van der Waals surface area contributed by atoms with Gasteiger partial charge < -0.3 is 18.9 Å². The van der Waals surface area contributed by atoms with Gasteiger partial charge in [-0.1, -0.05) is 168 Å². The standard InChI is InChI=1S/C52H68Br4O4/c1-5-9-13-17-21-57-49-37-25-39-31-46(54)33-41(50(39)58-22-18-14-10-6-2)27-43-35-48(56)36-44(52(43)60-24-20-16-12-8-4)28-42-34-47(55)32-40(26-38(49)30-45(53)29-37)51(42)59-23-19-15-11-7-3/h29-36H,5-28H2,1-4H3. The van der Waals surface area contributed by atoms with Gasteiger partial charge in [-0.3, -0.25) is 0 Å². The van der Waals surface area contributed by atoms with Crippen molar-refractivity contribution in [3.63, 3.8) is 0 Å². The molecule has 60 heavy (non-hydrogen) atoms. The van der Waals surface area contributed by atoms with E-state index in [0.717, 1.165) is 137 Å². The van der Waals surface area contributed by atoms with Gasteiger partial charge in [0.15, 0.2) is 0 Å². The predicted octanol–water partition coefficient (Wildman–Crippen LogP) is 17.2. The second-order valence-corrected chi connectivity index (χ2v) is 20.2. The molecule has 328 valence electrons. The van der Waals surface area contributed by atoms with E-state index in [-0.39, 0.29) is 0 Å². The molecule has 1 aliphatic rings. The Morgan fingerprint density at radius 2 is 0.483 bits per heavy atom. The van der Waals surface area contributed by atoms with E-state index in [0.29, 0.717) is 52.1 Å². The van der Waals surface area contributed by atoms with Crippen LogP contribution in [0.1, 0.15) is 175 Å². The average molecular weight is 1080 g/mol. The summed E-state index contributed by atoms with van der Waals surface area (Å²) >= 11 is 15.8. The predicted molar refractivity (Wildman–Crippen MR) is 266 cm³/mol. The second-order valence-electron chi connectivity index (χ2n) is 16.6. The first kappa shape index (κ1) is 49.0. The van der Waals surface area contributed by atoms with Gasteiger partial charge in [0.05, 0.1) is 26.4 Å². The van der Waals surface area contributed by atoms with Gasteiger partial charge >= 0.3 is 0 Å². The Labute approximate surface area is 396 Å². The lowest BCUT2D eigenvalue weighted by Crippen LogP contribution is -2.11. The van der Waals surface area contributed by atoms with Gasteiger partial charge in [-0.25, -0.2) is 0 Å². The molecule has 0 aromatic heterocycles. The summed E-state index contributed by atoms with van der Waals surface area (Å²) in [6.45, 7) is 11.8. The molecule has 0 spiro atoms. The number of unbranched alkanes of at least 4 members (excludes halogenated alkanes) is 12. The van der Waals surface area contributed by atoms with Gasteiger partial charge in [0, 0.05) is 88.1 Å². The van der Waals surface area contributed by atoms with E-state index in [9.17, 15) is 0 Å². The second kappa shape index (κ2) is 26.6. The van der Waals surface area contributed by atoms with Crippen molar-refractivity contribution in [2.24, 2.45) is 0 Å². The average Bonchev–Trinajstić information content (AvgIpc) is 3.20. The fraction of sp³-hybridized carbons (Fsp3) is 0.538. The van der Waals surface area contributed by atoms with Crippen molar-refractivity contribution in [3.05, 3.63) is 111 Å². The maximum Gasteiger partial charge on any atom is 0.126 e. The Morgan fingerprint density at radius 3 is 0.650 bits per heavy atom. The highest BCUT2D eigenvalue weighted by molar-refractivity contribution is 9.11. The third-order valence-electron chi connectivity index (χ3n) is 11.3. The van der Waals surface area contributed by atoms with Crippen molar-refractivity contribution >= 4 is 63.7 Å². The summed E-state index contributed by atoms with van der Waals surface area (Å²) in [4.78, 5) is 0. The van der Waals surface area contributed by atoms with Crippen LogP contribution in [0.25, 0.3) is 0 Å². The van der Waals surface area contributed by atoms with Crippen LogP contribution in [0.15, 0.2) is 66.4 Å². The lowest BCUT2D eigenvalue weighted by Gasteiger charge is -2.24. The van der Waals surface area contributed by atoms with Crippen molar-refractivity contribution in [2.75, 3.05) is 26.4 Å². The largest absolute Gasteiger partial charge is 0.493 e. The van der Waals surface area contributed by atoms with E-state index in [4.69, 9.17) is 18.9 Å². The van der Waals surface area contributed by atoms with Crippen LogP contribution in [0.2, 0.25) is 0 Å². The molecule has 0 fully saturated rings. The van der Waals surface area contributed by atoms with E-state index in [1.807, 2.05) is 0 Å². The number of hydrogen-bond acceptors (Lipinski definition) is 4. The zero-order valence-electron chi connectivity index (χ0n) is 36.7. The molecule has 0 heterocycles. The molecule has 8 heteroatoms. The summed E-state index contributed by atoms with van der Waals surface area (Å²) in [5, 5.41) is 0. The zero-order valence-corrected chi connectivity index (χ0v) is 43.1. The third kappa shape index (κ3) is 15.1. The maximum absolute atomic E-state index is 6.93. The van der Waals surface area contributed by atoms with E-state index in [1.165, 1.54) is 51.4 Å². The lowest BCUT2D eigenvalue weighted by molar-refractivity contribution is 0.293. The van der Waals surface area contributed by atoms with Crippen LogP contribution >= 0.6 is 63.7 Å². The molecule has 0 unspecified atom stereocenters. The van der Waals surface area contributed by atoms with Crippen LogP contribution in [-0.2, 0) is 25.7 Å². The highest BCUT2D eigenvalue weighted by Gasteiger charge is 2.24. The third-order valence-corrected chi connectivity index (χ3v) is 13.2. The summed E-state index contributed by atoms with van der Waals surface area (Å²) in [7, 11) is 0. The molecule has 5 rings (SSSR count). The molecular formula is C52H68Br4O4. The fourth-order valence-electron chi connectivity index (χ4n) is 8.27. The lowest BCUT2D eigenvalue weighted by atomic mass is 9.91. The van der Waals surface area contributed by atoms with Crippen LogP contribution in [0.4, 0.5) is 0 Å². The number of ether oxygens (including phenoxy) is 4. The molecule has 0 saturated carbocycles. The quantitative estimate of drug-likeness (QED) is 0.0577. The van der Waals surface area contributed by atoms with Gasteiger partial charge in [0.1, 0.15) is 23.0 Å². The van der Waals surface area contributed by atoms with Gasteiger partial charge in [-0.05, 0) is 74.2 Å².